The number of nitrogens with zero attached hydrogens (tertiary/aromatic N) is 3. The van der Waals surface area contributed by atoms with Crippen LogP contribution in [0.15, 0.2) is 35.0 Å². The highest BCUT2D eigenvalue weighted by Gasteiger charge is 2.30. The summed E-state index contributed by atoms with van der Waals surface area (Å²) in [5, 5.41) is 11.9. The molecule has 2 aromatic heterocycles. The molecule has 28 heavy (non-hydrogen) atoms. The van der Waals surface area contributed by atoms with Gasteiger partial charge in [0.2, 0.25) is 5.76 Å². The van der Waals surface area contributed by atoms with Crippen LogP contribution < -0.4 is 5.32 Å². The molecule has 1 atom stereocenters. The van der Waals surface area contributed by atoms with Crippen LogP contribution in [0.1, 0.15) is 70.4 Å². The number of amides is 1. The minimum absolute atomic E-state index is 0.0432. The van der Waals surface area contributed by atoms with Gasteiger partial charge in [-0.05, 0) is 63.5 Å². The second kappa shape index (κ2) is 6.93. The third kappa shape index (κ3) is 2.84. The average molecular weight is 376 g/mol. The van der Waals surface area contributed by atoms with Crippen molar-refractivity contribution in [3.05, 3.63) is 64.3 Å². The smallest absolute Gasteiger partial charge is 0.290 e. The number of para-hydroxylation sites is 1. The van der Waals surface area contributed by atoms with Crippen LogP contribution in [0.5, 0.6) is 0 Å². The van der Waals surface area contributed by atoms with Crippen molar-refractivity contribution >= 4 is 5.91 Å². The summed E-state index contributed by atoms with van der Waals surface area (Å²) in [6, 6.07) is 8.21. The van der Waals surface area contributed by atoms with Crippen LogP contribution in [0.25, 0.3) is 5.69 Å². The van der Waals surface area contributed by atoms with Gasteiger partial charge in [0.25, 0.3) is 5.91 Å². The van der Waals surface area contributed by atoms with Gasteiger partial charge in [-0.3, -0.25) is 4.79 Å². The molecule has 1 amide bonds. The Morgan fingerprint density at radius 1 is 1.18 bits per heavy atom. The number of fused-ring (bicyclic) bond motifs is 2. The molecule has 0 bridgehead atoms. The molecule has 0 saturated heterocycles. The summed E-state index contributed by atoms with van der Waals surface area (Å²) in [7, 11) is 0. The van der Waals surface area contributed by atoms with E-state index in [9.17, 15) is 4.79 Å². The van der Waals surface area contributed by atoms with Gasteiger partial charge in [-0.25, -0.2) is 4.68 Å². The fourth-order valence-corrected chi connectivity index (χ4v) is 4.51. The maximum absolute atomic E-state index is 12.9. The Morgan fingerprint density at radius 2 is 2.04 bits per heavy atom. The van der Waals surface area contributed by atoms with Crippen molar-refractivity contribution in [3.63, 3.8) is 0 Å². The Labute approximate surface area is 163 Å². The lowest BCUT2D eigenvalue weighted by Crippen LogP contribution is -2.31. The van der Waals surface area contributed by atoms with Crippen molar-refractivity contribution in [2.75, 3.05) is 0 Å². The molecule has 0 unspecified atom stereocenters. The molecule has 2 aliphatic rings. The lowest BCUT2D eigenvalue weighted by atomic mass is 9.92. The van der Waals surface area contributed by atoms with Gasteiger partial charge in [0.15, 0.2) is 0 Å². The quantitative estimate of drug-likeness (QED) is 0.753. The molecule has 6 heteroatoms. The van der Waals surface area contributed by atoms with Gasteiger partial charge in [-0.1, -0.05) is 23.4 Å². The maximum atomic E-state index is 12.9. The normalized spacial score (nSPS) is 18.4. The number of carbonyl (C=O) groups excluding carboxylic acids is 1. The maximum Gasteiger partial charge on any atom is 0.290 e. The first-order valence-electron chi connectivity index (χ1n) is 10.1. The summed E-state index contributed by atoms with van der Waals surface area (Å²) >= 11 is 0. The molecule has 0 radical (unpaired) electrons. The van der Waals surface area contributed by atoms with Crippen molar-refractivity contribution in [2.45, 2.75) is 57.9 Å². The zero-order valence-electron chi connectivity index (χ0n) is 16.1. The highest BCUT2D eigenvalue weighted by molar-refractivity contribution is 5.93. The van der Waals surface area contributed by atoms with E-state index in [4.69, 9.17) is 4.52 Å². The first kappa shape index (κ1) is 17.2. The number of carbonyl (C=O) groups is 1. The Morgan fingerprint density at radius 3 is 2.93 bits per heavy atom. The van der Waals surface area contributed by atoms with E-state index >= 15 is 0 Å². The number of aryl methyl sites for hydroxylation is 2. The van der Waals surface area contributed by atoms with E-state index in [0.717, 1.165) is 67.5 Å². The Kier molecular flexibility index (Phi) is 4.26. The molecule has 3 aromatic rings. The van der Waals surface area contributed by atoms with Gasteiger partial charge >= 0.3 is 0 Å². The van der Waals surface area contributed by atoms with E-state index < -0.39 is 0 Å². The molecule has 0 saturated carbocycles. The third-order valence-electron chi connectivity index (χ3n) is 6.00. The molecular formula is C22H24N4O2. The Hall–Kier alpha value is -2.89. The van der Waals surface area contributed by atoms with Crippen LogP contribution in [0.4, 0.5) is 0 Å². The summed E-state index contributed by atoms with van der Waals surface area (Å²) in [5.74, 6) is 0.241. The molecule has 0 spiro atoms. The van der Waals surface area contributed by atoms with E-state index in [1.54, 1.807) is 0 Å². The fourth-order valence-electron chi connectivity index (χ4n) is 4.51. The number of hydrogen-bond donors (Lipinski definition) is 1. The lowest BCUT2D eigenvalue weighted by molar-refractivity contribution is 0.0894. The van der Waals surface area contributed by atoms with Crippen LogP contribution in [0, 0.1) is 6.92 Å². The second-order valence-electron chi connectivity index (χ2n) is 7.81. The summed E-state index contributed by atoms with van der Waals surface area (Å²) in [5.41, 5.74) is 6.53. The van der Waals surface area contributed by atoms with E-state index in [1.165, 1.54) is 11.3 Å². The third-order valence-corrected chi connectivity index (χ3v) is 6.00. The average Bonchev–Trinajstić information content (AvgIpc) is 3.33. The number of rotatable bonds is 3. The molecule has 144 valence electrons. The highest BCUT2D eigenvalue weighted by atomic mass is 16.5. The summed E-state index contributed by atoms with van der Waals surface area (Å²) in [4.78, 5) is 12.9. The lowest BCUT2D eigenvalue weighted by Gasteiger charge is -2.24. The van der Waals surface area contributed by atoms with Crippen LogP contribution in [0.3, 0.4) is 0 Å². The summed E-state index contributed by atoms with van der Waals surface area (Å²) in [6.45, 7) is 2.10. The second-order valence-corrected chi connectivity index (χ2v) is 7.81. The van der Waals surface area contributed by atoms with Crippen molar-refractivity contribution in [1.82, 2.24) is 20.3 Å². The topological polar surface area (TPSA) is 73.0 Å². The zero-order chi connectivity index (χ0) is 19.1. The van der Waals surface area contributed by atoms with E-state index in [-0.39, 0.29) is 11.9 Å². The van der Waals surface area contributed by atoms with Crippen molar-refractivity contribution in [2.24, 2.45) is 0 Å². The standard InChI is InChI=1S/C22H24N4O2/c1-14-7-2-5-11-19(14)26-20-12-6-10-17(16(20)13-23-26)24-22(27)21-15-8-3-4-9-18(15)25-28-21/h2,5,7,11,13,17H,3-4,6,8-10,12H2,1H3,(H,24,27)/t17-/m1/s1. The van der Waals surface area contributed by atoms with Crippen LogP contribution in [0.2, 0.25) is 0 Å². The largest absolute Gasteiger partial charge is 0.350 e. The molecule has 0 aliphatic heterocycles. The molecule has 0 fully saturated rings. The number of hydrogen-bond acceptors (Lipinski definition) is 4. The first-order valence-corrected chi connectivity index (χ1v) is 10.1. The van der Waals surface area contributed by atoms with E-state index in [1.807, 2.05) is 23.0 Å². The van der Waals surface area contributed by atoms with Gasteiger partial charge in [-0.15, -0.1) is 0 Å². The minimum Gasteiger partial charge on any atom is -0.350 e. The van der Waals surface area contributed by atoms with Gasteiger partial charge in [0, 0.05) is 16.8 Å². The fraction of sp³-hybridized carbons (Fsp3) is 0.409. The van der Waals surface area contributed by atoms with Crippen molar-refractivity contribution in [1.29, 1.82) is 0 Å². The molecule has 2 heterocycles. The summed E-state index contributed by atoms with van der Waals surface area (Å²) in [6.07, 6.45) is 8.79. The zero-order valence-corrected chi connectivity index (χ0v) is 16.1. The van der Waals surface area contributed by atoms with Crippen LogP contribution in [-0.2, 0) is 19.3 Å². The van der Waals surface area contributed by atoms with Crippen LogP contribution >= 0.6 is 0 Å². The highest BCUT2D eigenvalue weighted by Crippen LogP contribution is 2.32. The molecule has 1 N–H and O–H groups in total. The van der Waals surface area contributed by atoms with Gasteiger partial charge in [0.05, 0.1) is 23.6 Å². The van der Waals surface area contributed by atoms with Crippen molar-refractivity contribution < 1.29 is 9.32 Å². The van der Waals surface area contributed by atoms with Gasteiger partial charge in [-0.2, -0.15) is 5.10 Å². The Balaban J connectivity index is 1.42. The monoisotopic (exact) mass is 376 g/mol. The van der Waals surface area contributed by atoms with Gasteiger partial charge in [0.1, 0.15) is 0 Å². The molecule has 2 aliphatic carbocycles. The van der Waals surface area contributed by atoms with E-state index in [2.05, 4.69) is 34.6 Å². The van der Waals surface area contributed by atoms with Gasteiger partial charge < -0.3 is 9.84 Å². The predicted octanol–water partition coefficient (Wildman–Crippen LogP) is 3.85. The van der Waals surface area contributed by atoms with Crippen LogP contribution in [-0.4, -0.2) is 20.8 Å². The minimum atomic E-state index is -0.155. The SMILES string of the molecule is Cc1ccccc1-n1ncc2c1CCC[C@H]2NC(=O)c1onc2c1CCCC2. The number of benzene rings is 1. The summed E-state index contributed by atoms with van der Waals surface area (Å²) < 4.78 is 7.44. The molecule has 1 aromatic carbocycles. The predicted molar refractivity (Wildman–Crippen MR) is 105 cm³/mol. The number of aromatic nitrogens is 3. The van der Waals surface area contributed by atoms with E-state index in [0.29, 0.717) is 5.76 Å². The molecular weight excluding hydrogens is 352 g/mol. The van der Waals surface area contributed by atoms with Crippen molar-refractivity contribution in [3.8, 4) is 5.69 Å². The molecule has 5 rings (SSSR count). The first-order chi connectivity index (χ1) is 13.7. The number of nitrogens with one attached hydrogen (secondary N) is 1. The Bertz CT molecular complexity index is 1030. The molecule has 6 nitrogen and oxygen atoms in total.